The molecule has 0 saturated carbocycles. The minimum atomic E-state index is -0.844. The van der Waals surface area contributed by atoms with Gasteiger partial charge in [0.15, 0.2) is 0 Å². The van der Waals surface area contributed by atoms with Crippen molar-refractivity contribution >= 4 is 11.6 Å². The summed E-state index contributed by atoms with van der Waals surface area (Å²) in [7, 11) is 0. The van der Waals surface area contributed by atoms with E-state index in [1.165, 1.54) is 24.3 Å². The largest absolute Gasteiger partial charge is 0.508 e. The Balaban J connectivity index is 2.23. The van der Waals surface area contributed by atoms with Gasteiger partial charge in [-0.15, -0.1) is 0 Å². The second-order valence-electron chi connectivity index (χ2n) is 4.13. The highest BCUT2D eigenvalue weighted by Crippen LogP contribution is 2.18. The third kappa shape index (κ3) is 2.92. The van der Waals surface area contributed by atoms with E-state index in [1.54, 1.807) is 0 Å². The first-order valence-electron chi connectivity index (χ1n) is 5.79. The third-order valence-corrected chi connectivity index (χ3v) is 2.72. The van der Waals surface area contributed by atoms with Gasteiger partial charge in [-0.3, -0.25) is 4.79 Å². The minimum absolute atomic E-state index is 0.0108. The number of benzene rings is 2. The van der Waals surface area contributed by atoms with Crippen molar-refractivity contribution in [2.24, 2.45) is 5.73 Å². The van der Waals surface area contributed by atoms with Crippen LogP contribution in [0.2, 0.25) is 0 Å². The SMILES string of the molecule is NCc1cc(NC(=O)c2ccc(O)cc2F)ccc1F. The maximum absolute atomic E-state index is 13.5. The first-order valence-corrected chi connectivity index (χ1v) is 5.79. The molecule has 2 rings (SSSR count). The van der Waals surface area contributed by atoms with Gasteiger partial charge >= 0.3 is 0 Å². The quantitative estimate of drug-likeness (QED) is 0.807. The van der Waals surface area contributed by atoms with E-state index >= 15 is 0 Å². The van der Waals surface area contributed by atoms with Crippen LogP contribution in [0.25, 0.3) is 0 Å². The molecule has 0 aliphatic carbocycles. The highest BCUT2D eigenvalue weighted by molar-refractivity contribution is 6.04. The fraction of sp³-hybridized carbons (Fsp3) is 0.0714. The number of anilines is 1. The summed E-state index contributed by atoms with van der Waals surface area (Å²) in [5, 5.41) is 11.5. The lowest BCUT2D eigenvalue weighted by atomic mass is 10.1. The number of phenols is 1. The summed E-state index contributed by atoms with van der Waals surface area (Å²) in [6, 6.07) is 7.10. The molecule has 0 radical (unpaired) electrons. The van der Waals surface area contributed by atoms with Crippen LogP contribution in [0.5, 0.6) is 5.75 Å². The Bertz CT molecular complexity index is 660. The van der Waals surface area contributed by atoms with Crippen LogP contribution in [0.4, 0.5) is 14.5 Å². The second-order valence-corrected chi connectivity index (χ2v) is 4.13. The van der Waals surface area contributed by atoms with Crippen molar-refractivity contribution in [3.05, 3.63) is 59.2 Å². The molecule has 0 aliphatic rings. The minimum Gasteiger partial charge on any atom is -0.508 e. The summed E-state index contributed by atoms with van der Waals surface area (Å²) in [5.41, 5.74) is 5.69. The molecule has 1 amide bonds. The molecule has 2 aromatic carbocycles. The van der Waals surface area contributed by atoms with Crippen LogP contribution >= 0.6 is 0 Å². The fourth-order valence-electron chi connectivity index (χ4n) is 1.70. The molecule has 0 aliphatic heterocycles. The van der Waals surface area contributed by atoms with Crippen molar-refractivity contribution in [2.75, 3.05) is 5.32 Å². The second kappa shape index (κ2) is 5.66. The molecule has 0 aromatic heterocycles. The zero-order valence-electron chi connectivity index (χ0n) is 10.4. The number of halogens is 2. The highest BCUT2D eigenvalue weighted by atomic mass is 19.1. The molecular weight excluding hydrogens is 266 g/mol. The number of phenolic OH excluding ortho intramolecular Hbond substituents is 1. The maximum Gasteiger partial charge on any atom is 0.258 e. The van der Waals surface area contributed by atoms with Crippen molar-refractivity contribution < 1.29 is 18.7 Å². The maximum atomic E-state index is 13.5. The van der Waals surface area contributed by atoms with E-state index in [0.29, 0.717) is 5.69 Å². The summed E-state index contributed by atoms with van der Waals surface area (Å²) in [5.74, 6) is -2.28. The van der Waals surface area contributed by atoms with Gasteiger partial charge in [-0.25, -0.2) is 8.78 Å². The molecule has 2 aromatic rings. The van der Waals surface area contributed by atoms with Crippen molar-refractivity contribution in [1.29, 1.82) is 0 Å². The van der Waals surface area contributed by atoms with Crippen molar-refractivity contribution in [2.45, 2.75) is 6.54 Å². The van der Waals surface area contributed by atoms with Crippen LogP contribution in [-0.2, 0) is 6.54 Å². The Morgan fingerprint density at radius 2 is 1.90 bits per heavy atom. The molecule has 0 atom stereocenters. The average Bonchev–Trinajstić information content (AvgIpc) is 2.40. The summed E-state index contributed by atoms with van der Waals surface area (Å²) in [6.45, 7) is -0.0108. The van der Waals surface area contributed by atoms with E-state index < -0.39 is 17.5 Å². The number of hydrogen-bond donors (Lipinski definition) is 3. The van der Waals surface area contributed by atoms with Gasteiger partial charge in [-0.05, 0) is 30.3 Å². The first-order chi connectivity index (χ1) is 9.51. The number of amides is 1. The zero-order chi connectivity index (χ0) is 14.7. The number of carbonyl (C=O) groups excluding carboxylic acids is 1. The lowest BCUT2D eigenvalue weighted by Crippen LogP contribution is -2.14. The molecule has 0 heterocycles. The molecule has 0 spiro atoms. The van der Waals surface area contributed by atoms with Gasteiger partial charge in [0.25, 0.3) is 5.91 Å². The number of nitrogens with two attached hydrogens (primary N) is 1. The predicted octanol–water partition coefficient (Wildman–Crippen LogP) is 2.38. The average molecular weight is 278 g/mol. The highest BCUT2D eigenvalue weighted by Gasteiger charge is 2.13. The molecule has 4 N–H and O–H groups in total. The number of aromatic hydroxyl groups is 1. The van der Waals surface area contributed by atoms with Crippen LogP contribution in [0, 0.1) is 11.6 Å². The van der Waals surface area contributed by atoms with E-state index in [2.05, 4.69) is 5.32 Å². The lowest BCUT2D eigenvalue weighted by Gasteiger charge is -2.08. The zero-order valence-corrected chi connectivity index (χ0v) is 10.4. The molecule has 0 saturated heterocycles. The van der Waals surface area contributed by atoms with Gasteiger partial charge < -0.3 is 16.2 Å². The van der Waals surface area contributed by atoms with Gasteiger partial charge in [0, 0.05) is 23.9 Å². The van der Waals surface area contributed by atoms with E-state index in [-0.39, 0.29) is 23.4 Å². The third-order valence-electron chi connectivity index (χ3n) is 2.72. The smallest absolute Gasteiger partial charge is 0.258 e. The van der Waals surface area contributed by atoms with Gasteiger partial charge in [0.05, 0.1) is 5.56 Å². The van der Waals surface area contributed by atoms with Crippen LogP contribution < -0.4 is 11.1 Å². The van der Waals surface area contributed by atoms with Crippen LogP contribution in [-0.4, -0.2) is 11.0 Å². The molecule has 0 fully saturated rings. The number of nitrogens with one attached hydrogen (secondary N) is 1. The van der Waals surface area contributed by atoms with Crippen molar-refractivity contribution in [3.63, 3.8) is 0 Å². The Kier molecular flexibility index (Phi) is 3.95. The Morgan fingerprint density at radius 3 is 2.55 bits per heavy atom. The first kappa shape index (κ1) is 14.0. The summed E-state index contributed by atoms with van der Waals surface area (Å²) in [4.78, 5) is 11.9. The molecule has 20 heavy (non-hydrogen) atoms. The van der Waals surface area contributed by atoms with E-state index in [1.807, 2.05) is 0 Å². The normalized spacial score (nSPS) is 10.3. The Labute approximate surface area is 113 Å². The molecule has 4 nitrogen and oxygen atoms in total. The van der Waals surface area contributed by atoms with Gasteiger partial charge in [-0.2, -0.15) is 0 Å². The van der Waals surface area contributed by atoms with E-state index in [0.717, 1.165) is 12.1 Å². The molecule has 0 unspecified atom stereocenters. The molecule has 104 valence electrons. The van der Waals surface area contributed by atoms with Crippen molar-refractivity contribution in [3.8, 4) is 5.75 Å². The number of carbonyl (C=O) groups is 1. The standard InChI is InChI=1S/C14H12F2N2O2/c15-12-4-1-9(5-8(12)7-17)18-14(20)11-3-2-10(19)6-13(11)16/h1-6,19H,7,17H2,(H,18,20). The molecule has 0 bridgehead atoms. The van der Waals surface area contributed by atoms with Crippen LogP contribution in [0.15, 0.2) is 36.4 Å². The van der Waals surface area contributed by atoms with Crippen LogP contribution in [0.1, 0.15) is 15.9 Å². The number of rotatable bonds is 3. The van der Waals surface area contributed by atoms with Gasteiger partial charge in [0.2, 0.25) is 0 Å². The summed E-state index contributed by atoms with van der Waals surface area (Å²) >= 11 is 0. The summed E-state index contributed by atoms with van der Waals surface area (Å²) < 4.78 is 26.8. The van der Waals surface area contributed by atoms with Gasteiger partial charge in [-0.1, -0.05) is 0 Å². The predicted molar refractivity (Wildman–Crippen MR) is 70.3 cm³/mol. The lowest BCUT2D eigenvalue weighted by molar-refractivity contribution is 0.102. The summed E-state index contributed by atoms with van der Waals surface area (Å²) in [6.07, 6.45) is 0. The topological polar surface area (TPSA) is 75.3 Å². The van der Waals surface area contributed by atoms with E-state index in [9.17, 15) is 13.6 Å². The Hall–Kier alpha value is -2.47. The van der Waals surface area contributed by atoms with E-state index in [4.69, 9.17) is 10.8 Å². The monoisotopic (exact) mass is 278 g/mol. The van der Waals surface area contributed by atoms with Crippen molar-refractivity contribution in [1.82, 2.24) is 0 Å². The molecular formula is C14H12F2N2O2. The van der Waals surface area contributed by atoms with Crippen LogP contribution in [0.3, 0.4) is 0 Å². The fourth-order valence-corrected chi connectivity index (χ4v) is 1.70. The molecule has 6 heteroatoms. The number of hydrogen-bond acceptors (Lipinski definition) is 3. The van der Waals surface area contributed by atoms with Gasteiger partial charge in [0.1, 0.15) is 17.4 Å². The Morgan fingerprint density at radius 1 is 1.15 bits per heavy atom.